The fourth-order valence-corrected chi connectivity index (χ4v) is 2.51. The molecule has 3 heteroatoms. The van der Waals surface area contributed by atoms with Gasteiger partial charge in [-0.05, 0) is 65.1 Å². The number of hydrogen-bond donors (Lipinski definition) is 1. The Hall–Kier alpha value is -0.150. The summed E-state index contributed by atoms with van der Waals surface area (Å²) in [5.74, 6) is 2.57. The van der Waals surface area contributed by atoms with Crippen molar-refractivity contribution in [3.8, 4) is 5.75 Å². The highest BCUT2D eigenvalue weighted by molar-refractivity contribution is 9.10. The van der Waals surface area contributed by atoms with Gasteiger partial charge in [-0.3, -0.25) is 0 Å². The largest absolute Gasteiger partial charge is 0.492 e. The lowest BCUT2D eigenvalue weighted by Crippen LogP contribution is -2.05. The molecule has 0 fully saturated rings. The summed E-state index contributed by atoms with van der Waals surface area (Å²) in [5.41, 5.74) is 1.24. The number of rotatable bonds is 6. The zero-order chi connectivity index (χ0) is 12.0. The van der Waals surface area contributed by atoms with Crippen molar-refractivity contribution in [3.63, 3.8) is 0 Å². The molecule has 0 amide bonds. The minimum absolute atomic E-state index is 0.682. The van der Waals surface area contributed by atoms with Crippen LogP contribution in [0.2, 0.25) is 0 Å². The van der Waals surface area contributed by atoms with E-state index >= 15 is 0 Å². The third-order valence-corrected chi connectivity index (χ3v) is 3.46. The van der Waals surface area contributed by atoms with Crippen LogP contribution in [0.4, 0.5) is 0 Å². The predicted octanol–water partition coefficient (Wildman–Crippen LogP) is 4.48. The maximum absolute atomic E-state index is 5.74. The van der Waals surface area contributed by atoms with E-state index in [0.29, 0.717) is 5.92 Å². The Bertz CT molecular complexity index is 328. The van der Waals surface area contributed by atoms with Crippen molar-refractivity contribution in [3.05, 3.63) is 28.2 Å². The van der Waals surface area contributed by atoms with Gasteiger partial charge in [0.2, 0.25) is 0 Å². The molecule has 1 atom stereocenters. The van der Waals surface area contributed by atoms with Gasteiger partial charge < -0.3 is 4.74 Å². The van der Waals surface area contributed by atoms with E-state index in [2.05, 4.69) is 54.5 Å². The van der Waals surface area contributed by atoms with E-state index in [9.17, 15) is 0 Å². The first kappa shape index (κ1) is 13.9. The molecule has 1 nitrogen and oxygen atoms in total. The SMILES string of the molecule is Cc1ccc(OCCC(C)CCS)c(Br)c1. The normalized spacial score (nSPS) is 12.5. The summed E-state index contributed by atoms with van der Waals surface area (Å²) in [6.45, 7) is 5.09. The maximum atomic E-state index is 5.74. The van der Waals surface area contributed by atoms with E-state index in [1.165, 1.54) is 5.56 Å². The highest BCUT2D eigenvalue weighted by atomic mass is 79.9. The zero-order valence-corrected chi connectivity index (χ0v) is 12.4. The molecule has 0 bridgehead atoms. The van der Waals surface area contributed by atoms with Crippen molar-refractivity contribution in [2.24, 2.45) is 5.92 Å². The number of hydrogen-bond acceptors (Lipinski definition) is 2. The molecule has 0 radical (unpaired) electrons. The van der Waals surface area contributed by atoms with Crippen LogP contribution in [-0.2, 0) is 0 Å². The molecule has 1 unspecified atom stereocenters. The van der Waals surface area contributed by atoms with E-state index in [-0.39, 0.29) is 0 Å². The van der Waals surface area contributed by atoms with Gasteiger partial charge in [0, 0.05) is 0 Å². The number of halogens is 1. The van der Waals surface area contributed by atoms with Crippen LogP contribution in [0.1, 0.15) is 25.3 Å². The molecule has 1 rings (SSSR count). The van der Waals surface area contributed by atoms with E-state index < -0.39 is 0 Å². The lowest BCUT2D eigenvalue weighted by atomic mass is 10.1. The molecular formula is C13H19BrOS. The van der Waals surface area contributed by atoms with Crippen LogP contribution >= 0.6 is 28.6 Å². The van der Waals surface area contributed by atoms with Gasteiger partial charge in [0.1, 0.15) is 5.75 Å². The Balaban J connectivity index is 2.37. The number of thiol groups is 1. The maximum Gasteiger partial charge on any atom is 0.133 e. The lowest BCUT2D eigenvalue weighted by molar-refractivity contribution is 0.280. The van der Waals surface area contributed by atoms with Crippen molar-refractivity contribution in [1.82, 2.24) is 0 Å². The monoisotopic (exact) mass is 302 g/mol. The van der Waals surface area contributed by atoms with Gasteiger partial charge in [0.05, 0.1) is 11.1 Å². The first-order chi connectivity index (χ1) is 7.63. The summed E-state index contributed by atoms with van der Waals surface area (Å²) in [7, 11) is 0. The number of ether oxygens (including phenoxy) is 1. The molecule has 0 saturated heterocycles. The van der Waals surface area contributed by atoms with Crippen molar-refractivity contribution < 1.29 is 4.74 Å². The molecule has 0 aliphatic carbocycles. The molecule has 0 saturated carbocycles. The summed E-state index contributed by atoms with van der Waals surface area (Å²) >= 11 is 7.74. The summed E-state index contributed by atoms with van der Waals surface area (Å²) in [4.78, 5) is 0. The van der Waals surface area contributed by atoms with E-state index in [0.717, 1.165) is 35.4 Å². The van der Waals surface area contributed by atoms with Gasteiger partial charge in [0.25, 0.3) is 0 Å². The average molecular weight is 303 g/mol. The minimum Gasteiger partial charge on any atom is -0.492 e. The fourth-order valence-electron chi connectivity index (χ4n) is 1.46. The standard InChI is InChI=1S/C13H19BrOS/c1-10(6-8-16)5-7-15-13-4-3-11(2)9-12(13)14/h3-4,9-10,16H,5-8H2,1-2H3. The second-order valence-corrected chi connectivity index (χ2v) is 5.49. The molecule has 1 aromatic rings. The Labute approximate surface area is 112 Å². The second kappa shape index (κ2) is 7.23. The predicted molar refractivity (Wildman–Crippen MR) is 76.6 cm³/mol. The van der Waals surface area contributed by atoms with Gasteiger partial charge >= 0.3 is 0 Å². The highest BCUT2D eigenvalue weighted by Crippen LogP contribution is 2.26. The van der Waals surface area contributed by atoms with Crippen LogP contribution in [-0.4, -0.2) is 12.4 Å². The van der Waals surface area contributed by atoms with Gasteiger partial charge in [-0.2, -0.15) is 12.6 Å². The van der Waals surface area contributed by atoms with Crippen molar-refractivity contribution in [2.45, 2.75) is 26.7 Å². The van der Waals surface area contributed by atoms with Gasteiger partial charge in [0.15, 0.2) is 0 Å². The van der Waals surface area contributed by atoms with Gasteiger partial charge in [-0.25, -0.2) is 0 Å². The summed E-state index contributed by atoms with van der Waals surface area (Å²) in [5, 5.41) is 0. The van der Waals surface area contributed by atoms with E-state index in [1.807, 2.05) is 6.07 Å². The zero-order valence-electron chi connectivity index (χ0n) is 9.87. The summed E-state index contributed by atoms with van der Waals surface area (Å²) < 4.78 is 6.77. The van der Waals surface area contributed by atoms with Crippen molar-refractivity contribution >= 4 is 28.6 Å². The Morgan fingerprint density at radius 2 is 2.12 bits per heavy atom. The van der Waals surface area contributed by atoms with E-state index in [1.54, 1.807) is 0 Å². The number of aryl methyl sites for hydroxylation is 1. The smallest absolute Gasteiger partial charge is 0.133 e. The first-order valence-corrected chi connectivity index (χ1v) is 7.06. The molecule has 0 aliphatic heterocycles. The molecule has 0 aromatic heterocycles. The molecule has 0 N–H and O–H groups in total. The Morgan fingerprint density at radius 3 is 2.75 bits per heavy atom. The Morgan fingerprint density at radius 1 is 1.38 bits per heavy atom. The molecule has 16 heavy (non-hydrogen) atoms. The van der Waals surface area contributed by atoms with Crippen molar-refractivity contribution in [1.29, 1.82) is 0 Å². The molecule has 0 aliphatic rings. The van der Waals surface area contributed by atoms with Crippen LogP contribution in [0.3, 0.4) is 0 Å². The van der Waals surface area contributed by atoms with Crippen LogP contribution in [0.15, 0.2) is 22.7 Å². The molecular weight excluding hydrogens is 284 g/mol. The molecule has 0 heterocycles. The molecule has 90 valence electrons. The summed E-state index contributed by atoms with van der Waals surface area (Å²) in [6, 6.07) is 6.16. The second-order valence-electron chi connectivity index (χ2n) is 4.19. The van der Waals surface area contributed by atoms with Gasteiger partial charge in [-0.15, -0.1) is 0 Å². The lowest BCUT2D eigenvalue weighted by Gasteiger charge is -2.12. The highest BCUT2D eigenvalue weighted by Gasteiger charge is 2.04. The first-order valence-electron chi connectivity index (χ1n) is 5.63. The van der Waals surface area contributed by atoms with Crippen LogP contribution < -0.4 is 4.74 Å². The Kier molecular flexibility index (Phi) is 6.29. The van der Waals surface area contributed by atoms with E-state index in [4.69, 9.17) is 4.74 Å². The van der Waals surface area contributed by atoms with Crippen molar-refractivity contribution in [2.75, 3.05) is 12.4 Å². The summed E-state index contributed by atoms with van der Waals surface area (Å²) in [6.07, 6.45) is 2.24. The average Bonchev–Trinajstić information content (AvgIpc) is 2.22. The van der Waals surface area contributed by atoms with Crippen LogP contribution in [0.25, 0.3) is 0 Å². The van der Waals surface area contributed by atoms with Gasteiger partial charge in [-0.1, -0.05) is 13.0 Å². The third-order valence-electron chi connectivity index (χ3n) is 2.58. The third kappa shape index (κ3) is 4.79. The topological polar surface area (TPSA) is 9.23 Å². The van der Waals surface area contributed by atoms with Crippen LogP contribution in [0.5, 0.6) is 5.75 Å². The molecule has 0 spiro atoms. The molecule has 1 aromatic carbocycles. The minimum atomic E-state index is 0.682. The quantitative estimate of drug-likeness (QED) is 0.762. The fraction of sp³-hybridized carbons (Fsp3) is 0.538. The van der Waals surface area contributed by atoms with Crippen LogP contribution in [0, 0.1) is 12.8 Å². The number of benzene rings is 1.